The third-order valence-electron chi connectivity index (χ3n) is 6.20. The first-order chi connectivity index (χ1) is 15.2. The van der Waals surface area contributed by atoms with Crippen LogP contribution >= 0.6 is 0 Å². The van der Waals surface area contributed by atoms with Crippen LogP contribution in [0.25, 0.3) is 11.0 Å². The molecule has 0 spiro atoms. The van der Waals surface area contributed by atoms with Crippen molar-refractivity contribution in [3.05, 3.63) is 36.4 Å². The molecule has 2 aromatic heterocycles. The Morgan fingerprint density at radius 1 is 1.06 bits per heavy atom. The molecule has 3 aromatic rings. The van der Waals surface area contributed by atoms with Crippen LogP contribution in [0.1, 0.15) is 31.4 Å². The molecule has 0 bridgehead atoms. The zero-order chi connectivity index (χ0) is 21.2. The number of aromatic nitrogens is 4. The summed E-state index contributed by atoms with van der Waals surface area (Å²) in [6.45, 7) is 5.29. The second-order valence-electron chi connectivity index (χ2n) is 8.52. The summed E-state index contributed by atoms with van der Waals surface area (Å²) in [7, 11) is 2.03. The molecule has 1 saturated heterocycles. The molecule has 1 aliphatic heterocycles. The molecule has 31 heavy (non-hydrogen) atoms. The number of nitrogens with one attached hydrogen (secondary N) is 1. The van der Waals surface area contributed by atoms with E-state index in [4.69, 9.17) is 9.47 Å². The third-order valence-corrected chi connectivity index (χ3v) is 6.20. The summed E-state index contributed by atoms with van der Waals surface area (Å²) in [6.07, 6.45) is 9.84. The van der Waals surface area contributed by atoms with Crippen molar-refractivity contribution in [2.75, 3.05) is 36.5 Å². The van der Waals surface area contributed by atoms with Crippen LogP contribution in [0.3, 0.4) is 0 Å². The average Bonchev–Trinajstić information content (AvgIpc) is 3.12. The van der Waals surface area contributed by atoms with Crippen LogP contribution in [0.15, 0.2) is 30.7 Å². The Hall–Kier alpha value is -2.87. The van der Waals surface area contributed by atoms with Gasteiger partial charge in [0.2, 0.25) is 5.95 Å². The summed E-state index contributed by atoms with van der Waals surface area (Å²) in [5.41, 5.74) is 3.88. The van der Waals surface area contributed by atoms with Crippen LogP contribution in [0.5, 0.6) is 5.75 Å². The van der Waals surface area contributed by atoms with Crippen molar-refractivity contribution in [3.63, 3.8) is 0 Å². The summed E-state index contributed by atoms with van der Waals surface area (Å²) in [5.74, 6) is 1.78. The van der Waals surface area contributed by atoms with Gasteiger partial charge in [-0.25, -0.2) is 9.97 Å². The molecule has 2 fully saturated rings. The highest BCUT2D eigenvalue weighted by Crippen LogP contribution is 2.33. The number of hydrogen-bond acceptors (Lipinski definition) is 7. The van der Waals surface area contributed by atoms with Gasteiger partial charge < -0.3 is 24.3 Å². The highest BCUT2D eigenvalue weighted by molar-refractivity contribution is 5.85. The number of benzene rings is 1. The Labute approximate surface area is 182 Å². The summed E-state index contributed by atoms with van der Waals surface area (Å²) in [4.78, 5) is 16.0. The number of hydrogen-bond donors (Lipinski definition) is 1. The molecule has 0 radical (unpaired) electrons. The van der Waals surface area contributed by atoms with Crippen LogP contribution < -0.4 is 15.0 Å². The summed E-state index contributed by atoms with van der Waals surface area (Å²) >= 11 is 0. The lowest BCUT2D eigenvalue weighted by Crippen LogP contribution is -2.36. The van der Waals surface area contributed by atoms with E-state index >= 15 is 0 Å². The van der Waals surface area contributed by atoms with Gasteiger partial charge in [0.15, 0.2) is 0 Å². The molecule has 164 valence electrons. The summed E-state index contributed by atoms with van der Waals surface area (Å²) < 4.78 is 14.1. The summed E-state index contributed by atoms with van der Waals surface area (Å²) in [6, 6.07) is 4.66. The Balaban J connectivity index is 1.28. The van der Waals surface area contributed by atoms with Crippen molar-refractivity contribution in [1.29, 1.82) is 0 Å². The van der Waals surface area contributed by atoms with Crippen LogP contribution in [0.2, 0.25) is 0 Å². The molecular formula is C23H30N6O2. The monoisotopic (exact) mass is 422 g/mol. The van der Waals surface area contributed by atoms with Gasteiger partial charge in [0, 0.05) is 56.5 Å². The Morgan fingerprint density at radius 3 is 2.58 bits per heavy atom. The minimum atomic E-state index is 0.186. The maximum Gasteiger partial charge on any atom is 0.202 e. The molecule has 8 heteroatoms. The average molecular weight is 423 g/mol. The van der Waals surface area contributed by atoms with E-state index in [0.717, 1.165) is 86.1 Å². The molecule has 5 rings (SSSR count). The SMILES string of the molecule is Cc1cn(C)c(NC2CCC(Oc3cc(N4CCOCC4)cc4nccnc34)CC2)n1. The lowest BCUT2D eigenvalue weighted by molar-refractivity contribution is 0.122. The fourth-order valence-electron chi connectivity index (χ4n) is 4.56. The quantitative estimate of drug-likeness (QED) is 0.676. The van der Waals surface area contributed by atoms with E-state index in [-0.39, 0.29) is 6.10 Å². The van der Waals surface area contributed by atoms with E-state index in [1.807, 2.05) is 20.2 Å². The molecule has 1 aliphatic carbocycles. The molecule has 0 amide bonds. The summed E-state index contributed by atoms with van der Waals surface area (Å²) in [5, 5.41) is 3.59. The van der Waals surface area contributed by atoms with E-state index in [2.05, 4.69) is 41.9 Å². The van der Waals surface area contributed by atoms with Gasteiger partial charge in [-0.2, -0.15) is 0 Å². The van der Waals surface area contributed by atoms with Crippen molar-refractivity contribution < 1.29 is 9.47 Å². The van der Waals surface area contributed by atoms with Gasteiger partial charge in [0.25, 0.3) is 0 Å². The third kappa shape index (κ3) is 4.44. The second kappa shape index (κ2) is 8.70. The van der Waals surface area contributed by atoms with Crippen molar-refractivity contribution in [2.24, 2.45) is 7.05 Å². The number of aryl methyl sites for hydroxylation is 2. The molecular weight excluding hydrogens is 392 g/mol. The maximum atomic E-state index is 6.52. The number of morpholine rings is 1. The maximum absolute atomic E-state index is 6.52. The number of ether oxygens (including phenoxy) is 2. The predicted octanol–water partition coefficient (Wildman–Crippen LogP) is 3.31. The number of anilines is 2. The lowest BCUT2D eigenvalue weighted by Gasteiger charge is -2.31. The number of imidazole rings is 1. The smallest absolute Gasteiger partial charge is 0.202 e. The minimum absolute atomic E-state index is 0.186. The zero-order valence-corrected chi connectivity index (χ0v) is 18.3. The normalized spacial score (nSPS) is 21.9. The first-order valence-electron chi connectivity index (χ1n) is 11.2. The molecule has 3 heterocycles. The van der Waals surface area contributed by atoms with Crippen molar-refractivity contribution in [3.8, 4) is 5.75 Å². The van der Waals surface area contributed by atoms with Gasteiger partial charge in [0.05, 0.1) is 30.5 Å². The van der Waals surface area contributed by atoms with Crippen LogP contribution in [0.4, 0.5) is 11.6 Å². The Kier molecular flexibility index (Phi) is 5.63. The van der Waals surface area contributed by atoms with Gasteiger partial charge in [-0.15, -0.1) is 0 Å². The van der Waals surface area contributed by atoms with Gasteiger partial charge >= 0.3 is 0 Å². The van der Waals surface area contributed by atoms with Crippen molar-refractivity contribution in [2.45, 2.75) is 44.8 Å². The molecule has 1 N–H and O–H groups in total. The largest absolute Gasteiger partial charge is 0.488 e. The second-order valence-corrected chi connectivity index (χ2v) is 8.52. The van der Waals surface area contributed by atoms with E-state index in [9.17, 15) is 0 Å². The van der Waals surface area contributed by atoms with E-state index in [0.29, 0.717) is 6.04 Å². The molecule has 0 unspecified atom stereocenters. The highest BCUT2D eigenvalue weighted by Gasteiger charge is 2.25. The van der Waals surface area contributed by atoms with Crippen LogP contribution in [0, 0.1) is 6.92 Å². The number of rotatable bonds is 5. The fourth-order valence-corrected chi connectivity index (χ4v) is 4.56. The van der Waals surface area contributed by atoms with Crippen LogP contribution in [-0.4, -0.2) is 58.0 Å². The van der Waals surface area contributed by atoms with Crippen molar-refractivity contribution >= 4 is 22.7 Å². The van der Waals surface area contributed by atoms with E-state index < -0.39 is 0 Å². The molecule has 2 aliphatic rings. The molecule has 8 nitrogen and oxygen atoms in total. The predicted molar refractivity (Wildman–Crippen MR) is 121 cm³/mol. The van der Waals surface area contributed by atoms with Gasteiger partial charge in [-0.05, 0) is 38.7 Å². The number of fused-ring (bicyclic) bond motifs is 1. The molecule has 0 atom stereocenters. The molecule has 1 aromatic carbocycles. The lowest BCUT2D eigenvalue weighted by atomic mass is 9.93. The zero-order valence-electron chi connectivity index (χ0n) is 18.3. The first-order valence-corrected chi connectivity index (χ1v) is 11.2. The minimum Gasteiger partial charge on any atom is -0.488 e. The van der Waals surface area contributed by atoms with E-state index in [1.165, 1.54) is 0 Å². The van der Waals surface area contributed by atoms with E-state index in [1.54, 1.807) is 12.4 Å². The van der Waals surface area contributed by atoms with Crippen LogP contribution in [-0.2, 0) is 11.8 Å². The van der Waals surface area contributed by atoms with Gasteiger partial charge in [-0.3, -0.25) is 4.98 Å². The topological polar surface area (TPSA) is 77.3 Å². The Bertz CT molecular complexity index is 1040. The number of nitrogens with zero attached hydrogens (tertiary/aromatic N) is 5. The van der Waals surface area contributed by atoms with Gasteiger partial charge in [0.1, 0.15) is 11.3 Å². The standard InChI is InChI=1S/C23H30N6O2/c1-16-15-28(2)23(26-16)27-17-3-5-19(6-4-17)31-21-14-18(29-9-11-30-12-10-29)13-20-22(21)25-8-7-24-20/h7-8,13-15,17,19H,3-6,9-12H2,1-2H3,(H,26,27). The fraction of sp³-hybridized carbons (Fsp3) is 0.522. The Morgan fingerprint density at radius 2 is 1.84 bits per heavy atom. The highest BCUT2D eigenvalue weighted by atomic mass is 16.5. The van der Waals surface area contributed by atoms with Gasteiger partial charge in [-0.1, -0.05) is 0 Å². The first kappa shape index (κ1) is 20.1. The molecule has 1 saturated carbocycles. The van der Waals surface area contributed by atoms with Crippen molar-refractivity contribution in [1.82, 2.24) is 19.5 Å².